The molecule has 1 heterocycles. The van der Waals surface area contributed by atoms with Crippen LogP contribution in [0, 0.1) is 5.82 Å². The molecule has 0 aromatic heterocycles. The van der Waals surface area contributed by atoms with Crippen LogP contribution in [0.15, 0.2) is 42.5 Å². The second-order valence-corrected chi connectivity index (χ2v) is 6.06. The van der Waals surface area contributed by atoms with Crippen molar-refractivity contribution in [2.24, 2.45) is 0 Å². The highest BCUT2D eigenvalue weighted by molar-refractivity contribution is 6.30. The van der Waals surface area contributed by atoms with E-state index in [1.165, 1.54) is 13.2 Å². The summed E-state index contributed by atoms with van der Waals surface area (Å²) < 4.78 is 24.2. The second-order valence-electron chi connectivity index (χ2n) is 5.62. The number of rotatable bonds is 5. The first kappa shape index (κ1) is 16.7. The molecule has 0 radical (unpaired) electrons. The average Bonchev–Trinajstić information content (AvgIpc) is 2.53. The van der Waals surface area contributed by atoms with Gasteiger partial charge in [0.15, 0.2) is 11.6 Å². The second kappa shape index (κ2) is 7.20. The standard InChI is InChI=1S/C18H17ClFNO3/c1-23-17-6-5-12(7-16(17)20)11-24-15-9-21(10-15)18(22)13-3-2-4-14(19)8-13/h2-8,15H,9-11H2,1H3. The van der Waals surface area contributed by atoms with Gasteiger partial charge < -0.3 is 14.4 Å². The summed E-state index contributed by atoms with van der Waals surface area (Å²) in [5.74, 6) is -0.265. The number of hydrogen-bond donors (Lipinski definition) is 0. The van der Waals surface area contributed by atoms with Crippen molar-refractivity contribution >= 4 is 17.5 Å². The van der Waals surface area contributed by atoms with Crippen molar-refractivity contribution in [1.82, 2.24) is 4.90 Å². The third kappa shape index (κ3) is 3.68. The van der Waals surface area contributed by atoms with Crippen LogP contribution in [0.1, 0.15) is 15.9 Å². The molecule has 6 heteroatoms. The molecule has 1 aliphatic heterocycles. The van der Waals surface area contributed by atoms with Crippen LogP contribution in [0.5, 0.6) is 5.75 Å². The number of halogens is 2. The summed E-state index contributed by atoms with van der Waals surface area (Å²) in [5, 5.41) is 0.538. The lowest BCUT2D eigenvalue weighted by Crippen LogP contribution is -2.54. The molecule has 0 saturated carbocycles. The Morgan fingerprint density at radius 3 is 2.75 bits per heavy atom. The average molecular weight is 350 g/mol. The number of carbonyl (C=O) groups is 1. The molecular formula is C18H17ClFNO3. The van der Waals surface area contributed by atoms with E-state index in [0.717, 1.165) is 5.56 Å². The monoisotopic (exact) mass is 349 g/mol. The smallest absolute Gasteiger partial charge is 0.254 e. The van der Waals surface area contributed by atoms with Crippen LogP contribution in [0.25, 0.3) is 0 Å². The third-order valence-electron chi connectivity index (χ3n) is 3.91. The Morgan fingerprint density at radius 1 is 1.29 bits per heavy atom. The van der Waals surface area contributed by atoms with E-state index in [0.29, 0.717) is 30.3 Å². The zero-order valence-corrected chi connectivity index (χ0v) is 13.9. The highest BCUT2D eigenvalue weighted by atomic mass is 35.5. The van der Waals surface area contributed by atoms with Gasteiger partial charge in [-0.25, -0.2) is 4.39 Å². The number of hydrogen-bond acceptors (Lipinski definition) is 3. The highest BCUT2D eigenvalue weighted by Gasteiger charge is 2.31. The molecule has 0 unspecified atom stereocenters. The normalized spacial score (nSPS) is 14.4. The van der Waals surface area contributed by atoms with Crippen molar-refractivity contribution in [3.05, 3.63) is 64.4 Å². The van der Waals surface area contributed by atoms with E-state index in [4.69, 9.17) is 21.1 Å². The maximum Gasteiger partial charge on any atom is 0.254 e. The molecule has 0 spiro atoms. The maximum atomic E-state index is 13.6. The van der Waals surface area contributed by atoms with Crippen LogP contribution in [-0.2, 0) is 11.3 Å². The molecule has 1 fully saturated rings. The SMILES string of the molecule is COc1ccc(COC2CN(C(=O)c3cccc(Cl)c3)C2)cc1F. The van der Waals surface area contributed by atoms with Gasteiger partial charge in [-0.3, -0.25) is 4.79 Å². The van der Waals surface area contributed by atoms with Gasteiger partial charge in [0.05, 0.1) is 19.8 Å². The van der Waals surface area contributed by atoms with Crippen LogP contribution in [0.2, 0.25) is 5.02 Å². The first-order chi connectivity index (χ1) is 11.6. The molecule has 0 aliphatic carbocycles. The Kier molecular flexibility index (Phi) is 5.02. The van der Waals surface area contributed by atoms with Gasteiger partial charge in [-0.05, 0) is 35.9 Å². The topological polar surface area (TPSA) is 38.8 Å². The summed E-state index contributed by atoms with van der Waals surface area (Å²) in [6.45, 7) is 1.33. The Bertz CT molecular complexity index is 747. The van der Waals surface area contributed by atoms with E-state index in [-0.39, 0.29) is 17.8 Å². The minimum atomic E-state index is -0.412. The number of amides is 1. The van der Waals surface area contributed by atoms with E-state index < -0.39 is 5.82 Å². The molecular weight excluding hydrogens is 333 g/mol. The number of nitrogens with zero attached hydrogens (tertiary/aromatic N) is 1. The van der Waals surface area contributed by atoms with Gasteiger partial charge in [-0.1, -0.05) is 23.7 Å². The maximum absolute atomic E-state index is 13.6. The van der Waals surface area contributed by atoms with Gasteiger partial charge in [-0.15, -0.1) is 0 Å². The van der Waals surface area contributed by atoms with E-state index in [2.05, 4.69) is 0 Å². The summed E-state index contributed by atoms with van der Waals surface area (Å²) in [4.78, 5) is 14.0. The Balaban J connectivity index is 1.49. The number of benzene rings is 2. The zero-order valence-electron chi connectivity index (χ0n) is 13.2. The van der Waals surface area contributed by atoms with Crippen LogP contribution in [0.4, 0.5) is 4.39 Å². The van der Waals surface area contributed by atoms with Gasteiger partial charge >= 0.3 is 0 Å². The molecule has 126 valence electrons. The quantitative estimate of drug-likeness (QED) is 0.829. The largest absolute Gasteiger partial charge is 0.494 e. The molecule has 4 nitrogen and oxygen atoms in total. The Labute approximate surface area is 144 Å². The number of methoxy groups -OCH3 is 1. The molecule has 1 saturated heterocycles. The summed E-state index contributed by atoms with van der Waals surface area (Å²) in [7, 11) is 1.43. The van der Waals surface area contributed by atoms with Crippen LogP contribution in [-0.4, -0.2) is 37.1 Å². The first-order valence-electron chi connectivity index (χ1n) is 7.55. The minimum Gasteiger partial charge on any atom is -0.494 e. The summed E-state index contributed by atoms with van der Waals surface area (Å²) in [5.41, 5.74) is 1.30. The van der Waals surface area contributed by atoms with Gasteiger partial charge in [0.2, 0.25) is 0 Å². The Hall–Kier alpha value is -2.11. The van der Waals surface area contributed by atoms with E-state index in [1.807, 2.05) is 0 Å². The van der Waals surface area contributed by atoms with Gasteiger partial charge in [0.25, 0.3) is 5.91 Å². The number of likely N-dealkylation sites (tertiary alicyclic amines) is 1. The number of ether oxygens (including phenoxy) is 2. The van der Waals surface area contributed by atoms with E-state index in [9.17, 15) is 9.18 Å². The predicted octanol–water partition coefficient (Wildman–Crippen LogP) is 3.53. The van der Waals surface area contributed by atoms with Crippen molar-refractivity contribution in [3.63, 3.8) is 0 Å². The molecule has 2 aromatic carbocycles. The fourth-order valence-electron chi connectivity index (χ4n) is 2.53. The van der Waals surface area contributed by atoms with Crippen molar-refractivity contribution in [2.45, 2.75) is 12.7 Å². The molecule has 2 aromatic rings. The third-order valence-corrected chi connectivity index (χ3v) is 4.14. The number of carbonyl (C=O) groups excluding carboxylic acids is 1. The van der Waals surface area contributed by atoms with E-state index >= 15 is 0 Å². The lowest BCUT2D eigenvalue weighted by atomic mass is 10.1. The summed E-state index contributed by atoms with van der Waals surface area (Å²) in [6.07, 6.45) is -0.0432. The molecule has 0 atom stereocenters. The van der Waals surface area contributed by atoms with Crippen molar-refractivity contribution in [2.75, 3.05) is 20.2 Å². The molecule has 0 N–H and O–H groups in total. The lowest BCUT2D eigenvalue weighted by molar-refractivity contribution is -0.0503. The zero-order chi connectivity index (χ0) is 17.1. The van der Waals surface area contributed by atoms with Crippen LogP contribution < -0.4 is 4.74 Å². The van der Waals surface area contributed by atoms with Gasteiger partial charge in [0, 0.05) is 23.7 Å². The summed E-state index contributed by atoms with van der Waals surface area (Å²) >= 11 is 5.90. The van der Waals surface area contributed by atoms with Crippen LogP contribution in [0.3, 0.4) is 0 Å². The minimum absolute atomic E-state index is 0.0432. The van der Waals surface area contributed by atoms with Crippen molar-refractivity contribution in [3.8, 4) is 5.75 Å². The highest BCUT2D eigenvalue weighted by Crippen LogP contribution is 2.21. The predicted molar refractivity (Wildman–Crippen MR) is 88.9 cm³/mol. The molecule has 3 rings (SSSR count). The first-order valence-corrected chi connectivity index (χ1v) is 7.93. The summed E-state index contributed by atoms with van der Waals surface area (Å²) in [6, 6.07) is 11.6. The molecule has 1 aliphatic rings. The van der Waals surface area contributed by atoms with Crippen LogP contribution >= 0.6 is 11.6 Å². The molecule has 24 heavy (non-hydrogen) atoms. The molecule has 1 amide bonds. The van der Waals surface area contributed by atoms with Crippen molar-refractivity contribution in [1.29, 1.82) is 0 Å². The Morgan fingerprint density at radius 2 is 2.08 bits per heavy atom. The van der Waals surface area contributed by atoms with Gasteiger partial charge in [0.1, 0.15) is 0 Å². The lowest BCUT2D eigenvalue weighted by Gasteiger charge is -2.39. The van der Waals surface area contributed by atoms with Gasteiger partial charge in [-0.2, -0.15) is 0 Å². The fourth-order valence-corrected chi connectivity index (χ4v) is 2.72. The van der Waals surface area contributed by atoms with E-state index in [1.54, 1.807) is 41.3 Å². The molecule has 0 bridgehead atoms. The fraction of sp³-hybridized carbons (Fsp3) is 0.278. The van der Waals surface area contributed by atoms with Crippen molar-refractivity contribution < 1.29 is 18.7 Å².